The lowest BCUT2D eigenvalue weighted by Crippen LogP contribution is -2.64. The Labute approximate surface area is 373 Å². The van der Waals surface area contributed by atoms with E-state index >= 15 is 0 Å². The highest BCUT2D eigenvalue weighted by molar-refractivity contribution is 7.47. The SMILES string of the molecule is CCCC/C=C\C/C=C\CCCCCCCC(=O)OC[C@H](COP(=O)(O)OC1C(O)C(O)C(O)[C@@H](O)C1O)OC(=O)CCCCCCCCCCC/C=C\C/C=C\CCCCC. The van der Waals surface area contributed by atoms with Gasteiger partial charge in [0.25, 0.3) is 0 Å². The summed E-state index contributed by atoms with van der Waals surface area (Å²) in [5.74, 6) is -1.12. The number of hydrogen-bond acceptors (Lipinski definition) is 12. The van der Waals surface area contributed by atoms with E-state index in [-0.39, 0.29) is 12.8 Å². The largest absolute Gasteiger partial charge is 0.472 e. The molecule has 0 saturated heterocycles. The molecule has 8 atom stereocenters. The van der Waals surface area contributed by atoms with Gasteiger partial charge in [-0.25, -0.2) is 4.57 Å². The fourth-order valence-corrected chi connectivity index (χ4v) is 7.95. The summed E-state index contributed by atoms with van der Waals surface area (Å²) >= 11 is 0. The molecule has 6 N–H and O–H groups in total. The summed E-state index contributed by atoms with van der Waals surface area (Å²) < 4.78 is 33.5. The van der Waals surface area contributed by atoms with Crippen LogP contribution in [0.5, 0.6) is 0 Å². The molecule has 0 bridgehead atoms. The second-order valence-corrected chi connectivity index (χ2v) is 18.0. The molecule has 1 saturated carbocycles. The second kappa shape index (κ2) is 38.1. The summed E-state index contributed by atoms with van der Waals surface area (Å²) in [5.41, 5.74) is 0. The maximum atomic E-state index is 12.8. The molecule has 0 amide bonds. The van der Waals surface area contributed by atoms with Crippen molar-refractivity contribution >= 4 is 19.8 Å². The van der Waals surface area contributed by atoms with Crippen LogP contribution in [0.1, 0.15) is 187 Å². The molecule has 0 aromatic heterocycles. The minimum Gasteiger partial charge on any atom is -0.462 e. The van der Waals surface area contributed by atoms with Crippen LogP contribution < -0.4 is 0 Å². The highest BCUT2D eigenvalue weighted by Gasteiger charge is 2.51. The van der Waals surface area contributed by atoms with Crippen LogP contribution in [0.25, 0.3) is 0 Å². The van der Waals surface area contributed by atoms with Gasteiger partial charge in [0.05, 0.1) is 6.61 Å². The van der Waals surface area contributed by atoms with Gasteiger partial charge in [0.1, 0.15) is 43.2 Å². The lowest BCUT2D eigenvalue weighted by atomic mass is 9.85. The molecule has 0 aromatic rings. The van der Waals surface area contributed by atoms with Crippen molar-refractivity contribution in [3.05, 3.63) is 48.6 Å². The summed E-state index contributed by atoms with van der Waals surface area (Å²) in [7, 11) is -5.12. The first-order valence-electron chi connectivity index (χ1n) is 23.9. The zero-order chi connectivity index (χ0) is 45.7. The molecule has 6 unspecified atom stereocenters. The number of carbonyl (C=O) groups is 2. The number of rotatable bonds is 39. The van der Waals surface area contributed by atoms with E-state index in [9.17, 15) is 44.6 Å². The molecule has 0 heterocycles. The zero-order valence-electron chi connectivity index (χ0n) is 38.2. The molecule has 13 nitrogen and oxygen atoms in total. The van der Waals surface area contributed by atoms with E-state index in [1.807, 2.05) is 0 Å². The van der Waals surface area contributed by atoms with Gasteiger partial charge in [0, 0.05) is 12.8 Å². The summed E-state index contributed by atoms with van der Waals surface area (Å²) in [6.07, 6.45) is 31.6. The predicted molar refractivity (Wildman–Crippen MR) is 244 cm³/mol. The molecule has 14 heteroatoms. The van der Waals surface area contributed by atoms with Crippen molar-refractivity contribution in [2.24, 2.45) is 0 Å². The minimum absolute atomic E-state index is 0.0876. The van der Waals surface area contributed by atoms with Crippen LogP contribution in [-0.2, 0) is 32.7 Å². The third kappa shape index (κ3) is 30.0. The third-order valence-corrected chi connectivity index (χ3v) is 11.9. The summed E-state index contributed by atoms with van der Waals surface area (Å²) in [6.45, 7) is 3.22. The van der Waals surface area contributed by atoms with Crippen LogP contribution in [0.3, 0.4) is 0 Å². The van der Waals surface area contributed by atoms with Crippen molar-refractivity contribution in [2.45, 2.75) is 230 Å². The Morgan fingerprint density at radius 2 is 0.887 bits per heavy atom. The Balaban J connectivity index is 2.44. The topological polar surface area (TPSA) is 210 Å². The lowest BCUT2D eigenvalue weighted by Gasteiger charge is -2.41. The van der Waals surface area contributed by atoms with Crippen LogP contribution in [0.15, 0.2) is 48.6 Å². The molecule has 1 fully saturated rings. The normalized spacial score (nSPS) is 22.3. The smallest absolute Gasteiger partial charge is 0.462 e. The van der Waals surface area contributed by atoms with Crippen LogP contribution in [0, 0.1) is 0 Å². The fraction of sp³-hybridized carbons (Fsp3) is 0.792. The van der Waals surface area contributed by atoms with E-state index in [0.717, 1.165) is 83.5 Å². The molecule has 62 heavy (non-hydrogen) atoms. The number of aliphatic hydroxyl groups is 5. The number of allylic oxidation sites excluding steroid dienone is 8. The molecule has 360 valence electrons. The third-order valence-electron chi connectivity index (χ3n) is 10.9. The molecule has 1 aliphatic rings. The quantitative estimate of drug-likeness (QED) is 0.0147. The van der Waals surface area contributed by atoms with E-state index in [1.165, 1.54) is 64.2 Å². The Morgan fingerprint density at radius 3 is 1.35 bits per heavy atom. The molecule has 1 aliphatic carbocycles. The standard InChI is InChI=1S/C48H85O13P/c1-3-5-7-9-11-13-15-17-19-20-21-22-23-25-27-29-31-33-35-37-42(50)60-40(39-59-62(56,57)61-48-46(54)44(52)43(51)45(53)47(48)55)38-58-41(49)36-34-32-30-28-26-24-18-16-14-12-10-8-6-4-2/h10-13,16-19,40,43-48,51-55H,3-9,14-15,20-39H2,1-2H3,(H,56,57)/b12-10-,13-11-,18-16-,19-17-/t40-,43?,44-,45?,46?,47?,48?/m1/s1. The van der Waals surface area contributed by atoms with E-state index in [0.29, 0.717) is 12.8 Å². The van der Waals surface area contributed by atoms with Crippen LogP contribution in [0.2, 0.25) is 0 Å². The Hall–Kier alpha value is -2.19. The number of ether oxygens (including phenoxy) is 2. The van der Waals surface area contributed by atoms with Gasteiger partial charge in [-0.05, 0) is 70.6 Å². The van der Waals surface area contributed by atoms with E-state index in [2.05, 4.69) is 62.5 Å². The van der Waals surface area contributed by atoms with Crippen molar-refractivity contribution in [1.29, 1.82) is 0 Å². The number of aliphatic hydroxyl groups excluding tert-OH is 5. The first kappa shape index (κ1) is 57.8. The highest BCUT2D eigenvalue weighted by atomic mass is 31.2. The Bertz CT molecular complexity index is 1270. The van der Waals surface area contributed by atoms with Crippen molar-refractivity contribution in [3.8, 4) is 0 Å². The maximum absolute atomic E-state index is 12.8. The number of phosphoric acid groups is 1. The van der Waals surface area contributed by atoms with Crippen molar-refractivity contribution in [2.75, 3.05) is 13.2 Å². The van der Waals surface area contributed by atoms with Gasteiger partial charge < -0.3 is 39.9 Å². The predicted octanol–water partition coefficient (Wildman–Crippen LogP) is 9.56. The number of hydrogen-bond donors (Lipinski definition) is 6. The van der Waals surface area contributed by atoms with Gasteiger partial charge in [-0.3, -0.25) is 18.6 Å². The Kier molecular flexibility index (Phi) is 35.5. The summed E-state index contributed by atoms with van der Waals surface area (Å²) in [5, 5.41) is 50.2. The van der Waals surface area contributed by atoms with Crippen LogP contribution in [0.4, 0.5) is 0 Å². The van der Waals surface area contributed by atoms with Crippen LogP contribution >= 0.6 is 7.82 Å². The molecule has 0 radical (unpaired) electrons. The zero-order valence-corrected chi connectivity index (χ0v) is 39.0. The molecule has 0 spiro atoms. The van der Waals surface area contributed by atoms with E-state index in [4.69, 9.17) is 18.5 Å². The minimum atomic E-state index is -5.12. The maximum Gasteiger partial charge on any atom is 0.472 e. The van der Waals surface area contributed by atoms with Gasteiger partial charge in [0.2, 0.25) is 0 Å². The van der Waals surface area contributed by atoms with Crippen molar-refractivity contribution < 1.29 is 63.1 Å². The fourth-order valence-electron chi connectivity index (χ4n) is 6.98. The number of carbonyl (C=O) groups excluding carboxylic acids is 2. The van der Waals surface area contributed by atoms with Gasteiger partial charge in [-0.1, -0.05) is 152 Å². The van der Waals surface area contributed by atoms with Gasteiger partial charge in [0.15, 0.2) is 6.10 Å². The molecule has 0 aromatic carbocycles. The summed E-state index contributed by atoms with van der Waals surface area (Å²) in [6, 6.07) is 0. The average Bonchev–Trinajstić information content (AvgIpc) is 3.25. The number of unbranched alkanes of at least 4 members (excludes halogenated alkanes) is 19. The number of phosphoric ester groups is 1. The van der Waals surface area contributed by atoms with E-state index in [1.54, 1.807) is 0 Å². The second-order valence-electron chi connectivity index (χ2n) is 16.6. The molecular weight excluding hydrogens is 815 g/mol. The number of esters is 2. The van der Waals surface area contributed by atoms with Crippen molar-refractivity contribution in [1.82, 2.24) is 0 Å². The average molecular weight is 901 g/mol. The van der Waals surface area contributed by atoms with E-state index < -0.39 is 75.7 Å². The first-order valence-corrected chi connectivity index (χ1v) is 25.4. The lowest BCUT2D eigenvalue weighted by molar-refractivity contribution is -0.220. The molecule has 1 rings (SSSR count). The highest BCUT2D eigenvalue weighted by Crippen LogP contribution is 2.47. The molecule has 0 aliphatic heterocycles. The van der Waals surface area contributed by atoms with Crippen molar-refractivity contribution in [3.63, 3.8) is 0 Å². The Morgan fingerprint density at radius 1 is 0.500 bits per heavy atom. The molecular formula is C48H85O13P. The van der Waals surface area contributed by atoms with Gasteiger partial charge in [-0.2, -0.15) is 0 Å². The summed E-state index contributed by atoms with van der Waals surface area (Å²) in [4.78, 5) is 35.7. The van der Waals surface area contributed by atoms with Gasteiger partial charge >= 0.3 is 19.8 Å². The van der Waals surface area contributed by atoms with Crippen LogP contribution in [-0.4, -0.2) is 98.3 Å². The first-order chi connectivity index (χ1) is 29.9. The monoisotopic (exact) mass is 901 g/mol. The van der Waals surface area contributed by atoms with Gasteiger partial charge in [-0.15, -0.1) is 0 Å².